The number of hydrogen-bond acceptors (Lipinski definition) is 6. The Bertz CT molecular complexity index is 1140. The van der Waals surface area contributed by atoms with Crippen molar-refractivity contribution in [1.82, 2.24) is 15.1 Å². The Morgan fingerprint density at radius 3 is 2.47 bits per heavy atom. The van der Waals surface area contributed by atoms with Crippen LogP contribution >= 0.6 is 11.8 Å². The Kier molecular flexibility index (Phi) is 7.45. The van der Waals surface area contributed by atoms with Gasteiger partial charge in [-0.2, -0.15) is 0 Å². The van der Waals surface area contributed by atoms with Crippen LogP contribution in [0.4, 0.5) is 0 Å². The molecule has 156 valence electrons. The Labute approximate surface area is 176 Å². The highest BCUT2D eigenvalue weighted by molar-refractivity contribution is 7.99. The van der Waals surface area contributed by atoms with Gasteiger partial charge in [0, 0.05) is 11.4 Å². The van der Waals surface area contributed by atoms with Gasteiger partial charge in [-0.05, 0) is 36.4 Å². The quantitative estimate of drug-likeness (QED) is 0.304. The first-order chi connectivity index (χ1) is 14.5. The van der Waals surface area contributed by atoms with E-state index in [2.05, 4.69) is 10.4 Å². The van der Waals surface area contributed by atoms with Crippen molar-refractivity contribution in [1.29, 1.82) is 0 Å². The summed E-state index contributed by atoms with van der Waals surface area (Å²) in [5, 5.41) is 5.48. The zero-order valence-electron chi connectivity index (χ0n) is 16.1. The number of aromatic nitrogens is 2. The van der Waals surface area contributed by atoms with Gasteiger partial charge in [0.15, 0.2) is 6.61 Å². The average molecular weight is 427 g/mol. The van der Waals surface area contributed by atoms with E-state index in [9.17, 15) is 19.2 Å². The zero-order valence-corrected chi connectivity index (χ0v) is 16.9. The molecule has 0 fully saturated rings. The number of thioether (sulfide) groups is 1. The third-order valence-corrected chi connectivity index (χ3v) is 5.29. The first-order valence-corrected chi connectivity index (χ1v) is 10.3. The van der Waals surface area contributed by atoms with Gasteiger partial charge in [0.25, 0.3) is 17.0 Å². The number of rotatable bonds is 9. The molecule has 0 radical (unpaired) electrons. The summed E-state index contributed by atoms with van der Waals surface area (Å²) in [7, 11) is 0. The summed E-state index contributed by atoms with van der Waals surface area (Å²) < 4.78 is 5.78. The lowest BCUT2D eigenvalue weighted by Gasteiger charge is -2.08. The normalized spacial score (nSPS) is 10.7. The van der Waals surface area contributed by atoms with Crippen molar-refractivity contribution in [3.8, 4) is 0 Å². The minimum Gasteiger partial charge on any atom is -0.454 e. The molecular weight excluding hydrogens is 406 g/mol. The smallest absolute Gasteiger partial charge is 0.328 e. The van der Waals surface area contributed by atoms with Gasteiger partial charge in [0.2, 0.25) is 0 Å². The van der Waals surface area contributed by atoms with Crippen molar-refractivity contribution in [2.75, 3.05) is 18.9 Å². The molecular formula is C21H21N3O5S. The standard InChI is InChI=1S/C21H21N3O5S/c25-18(22-11-6-12-30-15-7-2-1-3-8-15)14-29-19(26)13-24-21(28)17-10-5-4-9-16(17)20(27)23-24/h1-5,7-10H,6,11-14H2,(H,22,25)(H,23,27). The summed E-state index contributed by atoms with van der Waals surface area (Å²) in [4.78, 5) is 49.3. The molecule has 9 heteroatoms. The van der Waals surface area contributed by atoms with E-state index in [1.807, 2.05) is 30.3 Å². The molecule has 0 saturated carbocycles. The Morgan fingerprint density at radius 2 is 1.70 bits per heavy atom. The molecule has 1 heterocycles. The highest BCUT2D eigenvalue weighted by Gasteiger charge is 2.12. The number of fused-ring (bicyclic) bond motifs is 1. The van der Waals surface area contributed by atoms with E-state index in [0.29, 0.717) is 6.54 Å². The van der Waals surface area contributed by atoms with E-state index in [0.717, 1.165) is 16.9 Å². The highest BCUT2D eigenvalue weighted by Crippen LogP contribution is 2.17. The topological polar surface area (TPSA) is 110 Å². The van der Waals surface area contributed by atoms with E-state index in [1.54, 1.807) is 23.9 Å². The first kappa shape index (κ1) is 21.4. The molecule has 1 amide bonds. The molecule has 0 saturated heterocycles. The maximum absolute atomic E-state index is 12.4. The number of H-pyrrole nitrogens is 1. The van der Waals surface area contributed by atoms with Crippen molar-refractivity contribution >= 4 is 34.4 Å². The number of benzene rings is 2. The van der Waals surface area contributed by atoms with Crippen LogP contribution < -0.4 is 16.4 Å². The molecule has 2 aromatic carbocycles. The van der Waals surface area contributed by atoms with Gasteiger partial charge in [0.1, 0.15) is 6.54 Å². The molecule has 0 unspecified atom stereocenters. The summed E-state index contributed by atoms with van der Waals surface area (Å²) in [6.07, 6.45) is 0.771. The fraction of sp³-hybridized carbons (Fsp3) is 0.238. The van der Waals surface area contributed by atoms with Crippen molar-refractivity contribution in [3.63, 3.8) is 0 Å². The molecule has 2 N–H and O–H groups in total. The lowest BCUT2D eigenvalue weighted by molar-refractivity contribution is -0.149. The van der Waals surface area contributed by atoms with Crippen LogP contribution in [-0.4, -0.2) is 40.6 Å². The number of carbonyl (C=O) groups excluding carboxylic acids is 2. The van der Waals surface area contributed by atoms with Crippen LogP contribution in [0.25, 0.3) is 10.8 Å². The van der Waals surface area contributed by atoms with Crippen LogP contribution in [0.2, 0.25) is 0 Å². The van der Waals surface area contributed by atoms with Gasteiger partial charge in [-0.15, -0.1) is 11.8 Å². The lowest BCUT2D eigenvalue weighted by atomic mass is 10.2. The largest absolute Gasteiger partial charge is 0.454 e. The molecule has 0 atom stereocenters. The van der Waals surface area contributed by atoms with Crippen LogP contribution in [0.15, 0.2) is 69.1 Å². The summed E-state index contributed by atoms with van der Waals surface area (Å²) >= 11 is 1.70. The average Bonchev–Trinajstić information content (AvgIpc) is 2.76. The fourth-order valence-corrected chi connectivity index (χ4v) is 3.61. The monoisotopic (exact) mass is 427 g/mol. The molecule has 30 heavy (non-hydrogen) atoms. The van der Waals surface area contributed by atoms with Gasteiger partial charge in [-0.3, -0.25) is 24.3 Å². The summed E-state index contributed by atoms with van der Waals surface area (Å²) in [6.45, 7) is -0.467. The third-order valence-electron chi connectivity index (χ3n) is 4.19. The SMILES string of the molecule is O=C(COC(=O)Cn1[nH]c(=O)c2ccccc2c1=O)NCCCSc1ccccc1. The number of aromatic amines is 1. The van der Waals surface area contributed by atoms with Crippen molar-refractivity contribution in [2.24, 2.45) is 0 Å². The fourth-order valence-electron chi connectivity index (χ4n) is 2.74. The summed E-state index contributed by atoms with van der Waals surface area (Å²) in [6, 6.07) is 16.3. The third kappa shape index (κ3) is 5.84. The first-order valence-electron chi connectivity index (χ1n) is 9.36. The lowest BCUT2D eigenvalue weighted by Crippen LogP contribution is -2.34. The summed E-state index contributed by atoms with van der Waals surface area (Å²) in [5.41, 5.74) is -0.994. The van der Waals surface area contributed by atoms with Gasteiger partial charge in [0.05, 0.1) is 10.8 Å². The second-order valence-corrected chi connectivity index (χ2v) is 7.57. The molecule has 3 aromatic rings. The molecule has 0 aliphatic rings. The zero-order chi connectivity index (χ0) is 21.3. The van der Waals surface area contributed by atoms with Gasteiger partial charge < -0.3 is 10.1 Å². The van der Waals surface area contributed by atoms with E-state index in [-0.39, 0.29) is 10.8 Å². The van der Waals surface area contributed by atoms with Crippen LogP contribution in [0.1, 0.15) is 6.42 Å². The van der Waals surface area contributed by atoms with Crippen molar-refractivity contribution in [3.05, 3.63) is 75.3 Å². The van der Waals surface area contributed by atoms with Crippen LogP contribution in [0, 0.1) is 0 Å². The number of amides is 1. The number of nitrogens with one attached hydrogen (secondary N) is 2. The second kappa shape index (κ2) is 10.4. The van der Waals surface area contributed by atoms with E-state index in [1.165, 1.54) is 17.0 Å². The predicted molar refractivity (Wildman–Crippen MR) is 115 cm³/mol. The molecule has 0 bridgehead atoms. The Morgan fingerprint density at radius 1 is 1.00 bits per heavy atom. The Hall–Kier alpha value is -3.33. The van der Waals surface area contributed by atoms with Crippen LogP contribution in [-0.2, 0) is 20.9 Å². The minimum absolute atomic E-state index is 0.208. The number of nitrogens with zero attached hydrogens (tertiary/aromatic N) is 1. The van der Waals surface area contributed by atoms with Crippen LogP contribution in [0.3, 0.4) is 0 Å². The second-order valence-electron chi connectivity index (χ2n) is 6.40. The number of ether oxygens (including phenoxy) is 1. The molecule has 1 aromatic heterocycles. The molecule has 3 rings (SSSR count). The maximum Gasteiger partial charge on any atom is 0.328 e. The minimum atomic E-state index is -0.794. The van der Waals surface area contributed by atoms with Crippen molar-refractivity contribution < 1.29 is 14.3 Å². The number of hydrogen-bond donors (Lipinski definition) is 2. The van der Waals surface area contributed by atoms with Gasteiger partial charge >= 0.3 is 5.97 Å². The Balaban J connectivity index is 1.41. The maximum atomic E-state index is 12.4. The van der Waals surface area contributed by atoms with E-state index in [4.69, 9.17) is 4.74 Å². The number of esters is 1. The highest BCUT2D eigenvalue weighted by atomic mass is 32.2. The predicted octanol–water partition coefficient (Wildman–Crippen LogP) is 1.53. The summed E-state index contributed by atoms with van der Waals surface area (Å²) in [5.74, 6) is -0.368. The van der Waals surface area contributed by atoms with Gasteiger partial charge in [-0.25, -0.2) is 4.68 Å². The van der Waals surface area contributed by atoms with Gasteiger partial charge in [-0.1, -0.05) is 30.3 Å². The van der Waals surface area contributed by atoms with E-state index >= 15 is 0 Å². The molecule has 0 aliphatic heterocycles. The molecule has 0 aliphatic carbocycles. The van der Waals surface area contributed by atoms with Crippen LogP contribution in [0.5, 0.6) is 0 Å². The number of carbonyl (C=O) groups is 2. The molecule has 8 nitrogen and oxygen atoms in total. The van der Waals surface area contributed by atoms with Crippen molar-refractivity contribution in [2.45, 2.75) is 17.9 Å². The van der Waals surface area contributed by atoms with E-state index < -0.39 is 36.1 Å². The molecule has 0 spiro atoms.